The molecule has 1 aliphatic rings. The van der Waals surface area contributed by atoms with Crippen LogP contribution in [0.15, 0.2) is 30.7 Å². The maximum Gasteiger partial charge on any atom is 0.434 e. The van der Waals surface area contributed by atoms with Crippen LogP contribution in [0.1, 0.15) is 65.9 Å². The van der Waals surface area contributed by atoms with E-state index in [4.69, 9.17) is 9.47 Å². The quantitative estimate of drug-likeness (QED) is 0.381. The van der Waals surface area contributed by atoms with Crippen molar-refractivity contribution in [3.05, 3.63) is 58.2 Å². The van der Waals surface area contributed by atoms with Gasteiger partial charge in [0.1, 0.15) is 5.60 Å². The Bertz CT molecular complexity index is 1360. The molecule has 220 valence electrons. The van der Waals surface area contributed by atoms with Crippen LogP contribution in [-0.2, 0) is 17.3 Å². The van der Waals surface area contributed by atoms with E-state index in [1.165, 1.54) is 6.20 Å². The Morgan fingerprint density at radius 3 is 2.54 bits per heavy atom. The highest BCUT2D eigenvalue weighted by Gasteiger charge is 2.33. The highest BCUT2D eigenvalue weighted by atomic mass is 32.1. The van der Waals surface area contributed by atoms with Crippen LogP contribution in [0.3, 0.4) is 0 Å². The van der Waals surface area contributed by atoms with E-state index in [1.807, 2.05) is 20.8 Å². The first-order valence-electron chi connectivity index (χ1n) is 13.0. The molecule has 4 rings (SSSR count). The fourth-order valence-corrected chi connectivity index (χ4v) is 5.10. The van der Waals surface area contributed by atoms with E-state index in [0.29, 0.717) is 53.6 Å². The van der Waals surface area contributed by atoms with Gasteiger partial charge in [-0.3, -0.25) is 9.78 Å². The Labute approximate surface area is 239 Å². The largest absolute Gasteiger partial charge is 0.477 e. The van der Waals surface area contributed by atoms with Crippen LogP contribution >= 0.6 is 11.5 Å². The van der Waals surface area contributed by atoms with Crippen molar-refractivity contribution in [2.45, 2.75) is 58.7 Å². The second kappa shape index (κ2) is 12.4. The van der Waals surface area contributed by atoms with Gasteiger partial charge in [-0.15, -0.1) is 0 Å². The number of ether oxygens (including phenoxy) is 2. The van der Waals surface area contributed by atoms with Gasteiger partial charge in [0.15, 0.2) is 5.69 Å². The summed E-state index contributed by atoms with van der Waals surface area (Å²) in [4.78, 5) is 39.2. The maximum atomic E-state index is 13.1. The van der Waals surface area contributed by atoms with E-state index in [1.54, 1.807) is 24.0 Å². The zero-order valence-electron chi connectivity index (χ0n) is 23.1. The summed E-state index contributed by atoms with van der Waals surface area (Å²) in [5.41, 5.74) is -0.107. The Balaban J connectivity index is 1.32. The number of rotatable bonds is 7. The Morgan fingerprint density at radius 2 is 1.90 bits per heavy atom. The molecule has 3 aromatic heterocycles. The van der Waals surface area contributed by atoms with Gasteiger partial charge in [-0.1, -0.05) is 0 Å². The lowest BCUT2D eigenvalue weighted by Gasteiger charge is -2.33. The first kappa shape index (κ1) is 30.2. The molecule has 2 amide bonds. The number of hydrogen-bond acceptors (Lipinski definition) is 9. The van der Waals surface area contributed by atoms with E-state index in [-0.39, 0.29) is 24.1 Å². The Morgan fingerprint density at radius 1 is 1.12 bits per heavy atom. The highest BCUT2D eigenvalue weighted by Crippen LogP contribution is 2.28. The Hall–Kier alpha value is -3.81. The molecular formula is C27H31F3N6O4S. The van der Waals surface area contributed by atoms with Crippen molar-refractivity contribution in [1.29, 1.82) is 0 Å². The molecule has 41 heavy (non-hydrogen) atoms. The van der Waals surface area contributed by atoms with Crippen LogP contribution in [0.4, 0.5) is 23.7 Å². The van der Waals surface area contributed by atoms with E-state index >= 15 is 0 Å². The molecule has 0 aromatic carbocycles. The molecule has 4 heterocycles. The zero-order valence-corrected chi connectivity index (χ0v) is 23.9. The lowest BCUT2D eigenvalue weighted by Crippen LogP contribution is -2.44. The lowest BCUT2D eigenvalue weighted by molar-refractivity contribution is -0.141. The van der Waals surface area contributed by atoms with Crippen molar-refractivity contribution in [3.8, 4) is 5.88 Å². The highest BCUT2D eigenvalue weighted by molar-refractivity contribution is 7.06. The number of piperidine rings is 1. The molecule has 3 aromatic rings. The van der Waals surface area contributed by atoms with Crippen molar-refractivity contribution >= 4 is 29.2 Å². The second-order valence-corrected chi connectivity index (χ2v) is 11.6. The number of amides is 2. The molecule has 1 N–H and O–H groups in total. The van der Waals surface area contributed by atoms with Gasteiger partial charge >= 0.3 is 12.3 Å². The number of anilines is 1. The summed E-state index contributed by atoms with van der Waals surface area (Å²) in [6.45, 7) is 8.76. The number of halogens is 3. The third-order valence-corrected chi connectivity index (χ3v) is 7.06. The second-order valence-electron chi connectivity index (χ2n) is 10.7. The third-order valence-electron chi connectivity index (χ3n) is 6.13. The summed E-state index contributed by atoms with van der Waals surface area (Å²) in [6.07, 6.45) is 0.164. The summed E-state index contributed by atoms with van der Waals surface area (Å²) in [5, 5.41) is 2.78. The van der Waals surface area contributed by atoms with Gasteiger partial charge in [-0.2, -0.15) is 17.5 Å². The normalized spacial score (nSPS) is 15.9. The van der Waals surface area contributed by atoms with Gasteiger partial charge < -0.3 is 19.7 Å². The summed E-state index contributed by atoms with van der Waals surface area (Å²) in [5.74, 6) is 0.0951. The van der Waals surface area contributed by atoms with Crippen LogP contribution in [-0.4, -0.2) is 61.5 Å². The predicted molar refractivity (Wildman–Crippen MR) is 145 cm³/mol. The minimum Gasteiger partial charge on any atom is -0.477 e. The smallest absolute Gasteiger partial charge is 0.434 e. The summed E-state index contributed by atoms with van der Waals surface area (Å²) in [6, 6.07) is 3.30. The van der Waals surface area contributed by atoms with Crippen LogP contribution in [0.2, 0.25) is 0 Å². The van der Waals surface area contributed by atoms with Crippen molar-refractivity contribution in [3.63, 3.8) is 0 Å². The molecule has 0 aliphatic carbocycles. The average molecular weight is 593 g/mol. The van der Waals surface area contributed by atoms with Crippen LogP contribution in [0.25, 0.3) is 0 Å². The van der Waals surface area contributed by atoms with E-state index in [2.05, 4.69) is 24.6 Å². The number of likely N-dealkylation sites (tertiary alicyclic amines) is 1. The number of aryl methyl sites for hydroxylation is 1. The average Bonchev–Trinajstić information content (AvgIpc) is 3.27. The molecule has 14 heteroatoms. The number of nitrogens with one attached hydrogen (secondary N) is 1. The van der Waals surface area contributed by atoms with Gasteiger partial charge in [-0.05, 0) is 58.1 Å². The van der Waals surface area contributed by atoms with Gasteiger partial charge in [0.25, 0.3) is 5.91 Å². The fraction of sp³-hybridized carbons (Fsp3) is 0.481. The molecule has 0 saturated carbocycles. The number of nitrogens with zero attached hydrogens (tertiary/aromatic N) is 5. The molecule has 1 fully saturated rings. The maximum absolute atomic E-state index is 13.1. The summed E-state index contributed by atoms with van der Waals surface area (Å²) in [7, 11) is 0. The van der Waals surface area contributed by atoms with E-state index in [0.717, 1.165) is 30.6 Å². The number of alkyl halides is 3. The molecular weight excluding hydrogens is 561 g/mol. The number of hydrogen-bond donors (Lipinski definition) is 1. The molecule has 1 saturated heterocycles. The van der Waals surface area contributed by atoms with Crippen molar-refractivity contribution in [2.24, 2.45) is 5.92 Å². The zero-order chi connectivity index (χ0) is 29.8. The predicted octanol–water partition coefficient (Wildman–Crippen LogP) is 5.52. The molecule has 0 bridgehead atoms. The molecule has 0 radical (unpaired) electrons. The standard InChI is InChI=1S/C27H31F3N6O4S/c1-16-23(20(41-35-16)10-19-12-32-21(13-31-19)27(28,29)30)24(37)34-18-7-8-22(33-11-18)39-15-17-6-5-9-36(14-17)25(38)40-26(2,3)4/h7-8,11-13,17H,5-6,9-10,14-15H2,1-4H3,(H,34,37). The van der Waals surface area contributed by atoms with Crippen molar-refractivity contribution in [2.75, 3.05) is 25.0 Å². The first-order chi connectivity index (χ1) is 19.3. The summed E-state index contributed by atoms with van der Waals surface area (Å²) < 4.78 is 53.9. The van der Waals surface area contributed by atoms with Gasteiger partial charge in [-0.25, -0.2) is 14.8 Å². The third kappa shape index (κ3) is 8.35. The van der Waals surface area contributed by atoms with E-state index in [9.17, 15) is 22.8 Å². The topological polar surface area (TPSA) is 119 Å². The SMILES string of the molecule is Cc1nsc(Cc2cnc(C(F)(F)F)cn2)c1C(=O)Nc1ccc(OCC2CCCN(C(=O)OC(C)(C)C)C2)nc1. The van der Waals surface area contributed by atoms with Gasteiger partial charge in [0.2, 0.25) is 5.88 Å². The van der Waals surface area contributed by atoms with Crippen LogP contribution in [0, 0.1) is 12.8 Å². The molecule has 10 nitrogen and oxygen atoms in total. The van der Waals surface area contributed by atoms with Gasteiger partial charge in [0.05, 0.1) is 41.6 Å². The lowest BCUT2D eigenvalue weighted by atomic mass is 9.99. The van der Waals surface area contributed by atoms with Crippen molar-refractivity contribution in [1.82, 2.24) is 24.2 Å². The minimum atomic E-state index is -4.58. The number of pyridine rings is 1. The molecule has 1 aliphatic heterocycles. The van der Waals surface area contributed by atoms with Crippen LogP contribution in [0.5, 0.6) is 5.88 Å². The monoisotopic (exact) mass is 592 g/mol. The Kier molecular flexibility index (Phi) is 9.10. The van der Waals surface area contributed by atoms with Gasteiger partial charge in [0, 0.05) is 42.6 Å². The molecule has 1 atom stereocenters. The van der Waals surface area contributed by atoms with Crippen molar-refractivity contribution < 1.29 is 32.2 Å². The van der Waals surface area contributed by atoms with E-state index < -0.39 is 23.4 Å². The first-order valence-corrected chi connectivity index (χ1v) is 13.8. The fourth-order valence-electron chi connectivity index (χ4n) is 4.22. The van der Waals surface area contributed by atoms with Crippen LogP contribution < -0.4 is 10.1 Å². The number of aromatic nitrogens is 4. The molecule has 1 unspecified atom stereocenters. The molecule has 0 spiro atoms. The number of carbonyl (C=O) groups excluding carboxylic acids is 2. The summed E-state index contributed by atoms with van der Waals surface area (Å²) >= 11 is 1.08. The minimum absolute atomic E-state index is 0.108. The number of carbonyl (C=O) groups is 2.